The van der Waals surface area contributed by atoms with Gasteiger partial charge in [0.25, 0.3) is 0 Å². The first kappa shape index (κ1) is 22.9. The van der Waals surface area contributed by atoms with Gasteiger partial charge in [-0.2, -0.15) is 13.2 Å². The minimum absolute atomic E-state index is 0.219. The molecule has 2 N–H and O–H groups in total. The van der Waals surface area contributed by atoms with Crippen molar-refractivity contribution in [1.82, 2.24) is 15.5 Å². The summed E-state index contributed by atoms with van der Waals surface area (Å²) in [5, 5.41) is 6.61. The van der Waals surface area contributed by atoms with Gasteiger partial charge in [0.15, 0.2) is 12.6 Å². The molecule has 1 aliphatic rings. The van der Waals surface area contributed by atoms with E-state index in [4.69, 9.17) is 4.74 Å². The summed E-state index contributed by atoms with van der Waals surface area (Å²) in [6.07, 6.45) is -2.37. The van der Waals surface area contributed by atoms with Gasteiger partial charge in [0.05, 0.1) is 0 Å². The van der Waals surface area contributed by atoms with Crippen molar-refractivity contribution in [2.45, 2.75) is 38.1 Å². The number of ether oxygens (including phenoxy) is 1. The summed E-state index contributed by atoms with van der Waals surface area (Å²) in [4.78, 5) is 6.70. The summed E-state index contributed by atoms with van der Waals surface area (Å²) >= 11 is 0. The lowest BCUT2D eigenvalue weighted by Crippen LogP contribution is -2.48. The van der Waals surface area contributed by atoms with Crippen molar-refractivity contribution in [1.29, 1.82) is 0 Å². The highest BCUT2D eigenvalue weighted by Gasteiger charge is 2.28. The van der Waals surface area contributed by atoms with Gasteiger partial charge in [-0.05, 0) is 24.5 Å². The van der Waals surface area contributed by atoms with Crippen LogP contribution in [-0.4, -0.2) is 49.8 Å². The molecule has 0 unspecified atom stereocenters. The largest absolute Gasteiger partial charge is 0.484 e. The molecule has 0 bridgehead atoms. The SMILES string of the molecule is CN=C(NCc1ccccc1OCC(F)(F)F)NC1CCN(Cc2ccccc2)CC1. The van der Waals surface area contributed by atoms with Crippen molar-refractivity contribution in [3.05, 3.63) is 65.7 Å². The van der Waals surface area contributed by atoms with Gasteiger partial charge in [0.1, 0.15) is 5.75 Å². The second kappa shape index (κ2) is 11.0. The molecule has 168 valence electrons. The van der Waals surface area contributed by atoms with E-state index in [1.165, 1.54) is 5.56 Å². The van der Waals surface area contributed by atoms with Crippen LogP contribution in [0.1, 0.15) is 24.0 Å². The number of aliphatic imine (C=N–C) groups is 1. The van der Waals surface area contributed by atoms with Crippen molar-refractivity contribution in [3.8, 4) is 5.75 Å². The van der Waals surface area contributed by atoms with Crippen LogP contribution in [0.5, 0.6) is 5.75 Å². The number of hydrogen-bond donors (Lipinski definition) is 2. The summed E-state index contributed by atoms with van der Waals surface area (Å²) in [5.74, 6) is 0.851. The second-order valence-corrected chi connectivity index (χ2v) is 7.62. The molecule has 1 heterocycles. The monoisotopic (exact) mass is 434 g/mol. The molecule has 1 aliphatic heterocycles. The third-order valence-electron chi connectivity index (χ3n) is 5.21. The van der Waals surface area contributed by atoms with Gasteiger partial charge in [-0.15, -0.1) is 0 Å². The van der Waals surface area contributed by atoms with E-state index in [0.29, 0.717) is 24.1 Å². The Labute approximate surface area is 181 Å². The van der Waals surface area contributed by atoms with Crippen LogP contribution in [0, 0.1) is 0 Å². The number of alkyl halides is 3. The van der Waals surface area contributed by atoms with Crippen molar-refractivity contribution in [3.63, 3.8) is 0 Å². The maximum Gasteiger partial charge on any atom is 0.422 e. The Bertz CT molecular complexity index is 834. The number of nitrogens with one attached hydrogen (secondary N) is 2. The van der Waals surface area contributed by atoms with Crippen LogP contribution in [0.25, 0.3) is 0 Å². The van der Waals surface area contributed by atoms with Crippen LogP contribution in [0.4, 0.5) is 13.2 Å². The lowest BCUT2D eigenvalue weighted by atomic mass is 10.0. The van der Waals surface area contributed by atoms with Gasteiger partial charge in [-0.25, -0.2) is 0 Å². The lowest BCUT2D eigenvalue weighted by molar-refractivity contribution is -0.153. The van der Waals surface area contributed by atoms with E-state index in [2.05, 4.69) is 44.8 Å². The molecule has 8 heteroatoms. The smallest absolute Gasteiger partial charge is 0.422 e. The van der Waals surface area contributed by atoms with Gasteiger partial charge in [-0.3, -0.25) is 9.89 Å². The molecular weight excluding hydrogens is 405 g/mol. The number of para-hydroxylation sites is 1. The summed E-state index contributed by atoms with van der Waals surface area (Å²) in [5.41, 5.74) is 1.96. The zero-order chi connectivity index (χ0) is 22.1. The summed E-state index contributed by atoms with van der Waals surface area (Å²) in [6.45, 7) is 1.96. The Balaban J connectivity index is 1.45. The molecule has 3 rings (SSSR count). The highest BCUT2D eigenvalue weighted by molar-refractivity contribution is 5.80. The maximum atomic E-state index is 12.5. The molecule has 0 atom stereocenters. The molecule has 2 aromatic carbocycles. The minimum Gasteiger partial charge on any atom is -0.484 e. The van der Waals surface area contributed by atoms with E-state index in [9.17, 15) is 13.2 Å². The summed E-state index contributed by atoms with van der Waals surface area (Å²) < 4.78 is 42.4. The Kier molecular flexibility index (Phi) is 8.17. The van der Waals surface area contributed by atoms with Gasteiger partial charge >= 0.3 is 6.18 Å². The van der Waals surface area contributed by atoms with E-state index in [1.807, 2.05) is 6.07 Å². The molecule has 1 fully saturated rings. The average Bonchev–Trinajstić information content (AvgIpc) is 2.77. The maximum absolute atomic E-state index is 12.5. The van der Waals surface area contributed by atoms with Crippen LogP contribution in [0.3, 0.4) is 0 Å². The molecule has 0 radical (unpaired) electrons. The van der Waals surface area contributed by atoms with E-state index in [0.717, 1.165) is 32.5 Å². The molecule has 31 heavy (non-hydrogen) atoms. The third kappa shape index (κ3) is 7.79. The van der Waals surface area contributed by atoms with Crippen LogP contribution in [0.2, 0.25) is 0 Å². The van der Waals surface area contributed by atoms with Crippen molar-refractivity contribution < 1.29 is 17.9 Å². The Morgan fingerprint density at radius 2 is 1.74 bits per heavy atom. The van der Waals surface area contributed by atoms with Crippen molar-refractivity contribution in [2.75, 3.05) is 26.7 Å². The lowest BCUT2D eigenvalue weighted by Gasteiger charge is -2.33. The van der Waals surface area contributed by atoms with Gasteiger partial charge in [0, 0.05) is 44.8 Å². The van der Waals surface area contributed by atoms with Crippen LogP contribution in [-0.2, 0) is 13.1 Å². The highest BCUT2D eigenvalue weighted by Crippen LogP contribution is 2.22. The normalized spacial score (nSPS) is 16.2. The van der Waals surface area contributed by atoms with Crippen LogP contribution >= 0.6 is 0 Å². The molecular formula is C23H29F3N4O. The summed E-state index contributed by atoms with van der Waals surface area (Å²) in [7, 11) is 1.69. The zero-order valence-corrected chi connectivity index (χ0v) is 17.7. The summed E-state index contributed by atoms with van der Waals surface area (Å²) in [6, 6.07) is 17.5. The number of likely N-dealkylation sites (tertiary alicyclic amines) is 1. The third-order valence-corrected chi connectivity index (χ3v) is 5.21. The minimum atomic E-state index is -4.37. The molecule has 5 nitrogen and oxygen atoms in total. The Hall–Kier alpha value is -2.74. The van der Waals surface area contributed by atoms with Gasteiger partial charge < -0.3 is 15.4 Å². The van der Waals surface area contributed by atoms with E-state index >= 15 is 0 Å². The molecule has 0 aliphatic carbocycles. The molecule has 1 saturated heterocycles. The number of nitrogens with zero attached hydrogens (tertiary/aromatic N) is 2. The first-order chi connectivity index (χ1) is 14.9. The molecule has 0 spiro atoms. The number of halogens is 3. The first-order valence-corrected chi connectivity index (χ1v) is 10.4. The number of rotatable bonds is 7. The van der Waals surface area contributed by atoms with Crippen LogP contribution < -0.4 is 15.4 Å². The molecule has 2 aromatic rings. The van der Waals surface area contributed by atoms with E-state index < -0.39 is 12.8 Å². The number of hydrogen-bond acceptors (Lipinski definition) is 3. The fourth-order valence-corrected chi connectivity index (χ4v) is 3.59. The van der Waals surface area contributed by atoms with Gasteiger partial charge in [0.2, 0.25) is 0 Å². The number of piperidine rings is 1. The fraction of sp³-hybridized carbons (Fsp3) is 0.435. The predicted molar refractivity (Wildman–Crippen MR) is 116 cm³/mol. The number of benzene rings is 2. The number of guanidine groups is 1. The Morgan fingerprint density at radius 1 is 1.06 bits per heavy atom. The topological polar surface area (TPSA) is 48.9 Å². The quantitative estimate of drug-likeness (QED) is 0.512. The Morgan fingerprint density at radius 3 is 2.42 bits per heavy atom. The molecule has 0 amide bonds. The van der Waals surface area contributed by atoms with Crippen molar-refractivity contribution >= 4 is 5.96 Å². The zero-order valence-electron chi connectivity index (χ0n) is 17.7. The molecule has 0 saturated carbocycles. The van der Waals surface area contributed by atoms with Gasteiger partial charge in [-0.1, -0.05) is 48.5 Å². The molecule has 0 aromatic heterocycles. The van der Waals surface area contributed by atoms with E-state index in [1.54, 1.807) is 31.3 Å². The van der Waals surface area contributed by atoms with Crippen LogP contribution in [0.15, 0.2) is 59.6 Å². The first-order valence-electron chi connectivity index (χ1n) is 10.4. The highest BCUT2D eigenvalue weighted by atomic mass is 19.4. The van der Waals surface area contributed by atoms with E-state index in [-0.39, 0.29) is 5.75 Å². The van der Waals surface area contributed by atoms with Crippen molar-refractivity contribution in [2.24, 2.45) is 4.99 Å². The standard InChI is InChI=1S/C23H29F3N4O/c1-27-22(28-15-19-9-5-6-10-21(19)31-17-23(24,25)26)29-20-11-13-30(14-12-20)16-18-7-3-2-4-8-18/h2-10,20H,11-17H2,1H3,(H2,27,28,29). The second-order valence-electron chi connectivity index (χ2n) is 7.62. The average molecular weight is 435 g/mol. The predicted octanol–water partition coefficient (Wildman–Crippen LogP) is 3.96. The fourth-order valence-electron chi connectivity index (χ4n) is 3.59.